The summed E-state index contributed by atoms with van der Waals surface area (Å²) in [6.07, 6.45) is 5.66. The predicted molar refractivity (Wildman–Crippen MR) is 76.8 cm³/mol. The molecule has 1 amide bonds. The van der Waals surface area contributed by atoms with Crippen LogP contribution < -0.4 is 11.1 Å². The van der Waals surface area contributed by atoms with Crippen molar-refractivity contribution in [3.63, 3.8) is 0 Å². The molecule has 0 fully saturated rings. The van der Waals surface area contributed by atoms with Crippen LogP contribution in [0.3, 0.4) is 0 Å². The molecule has 0 spiro atoms. The maximum Gasteiger partial charge on any atom is 0.263 e. The van der Waals surface area contributed by atoms with Crippen LogP contribution in [0.15, 0.2) is 18.2 Å². The molecule has 4 heteroatoms. The number of hydrogen-bond donors (Lipinski definition) is 2. The molecule has 0 saturated heterocycles. The first-order valence-corrected chi connectivity index (χ1v) is 6.45. The molecule has 2 rings (SSSR count). The van der Waals surface area contributed by atoms with Crippen molar-refractivity contribution >= 4 is 33.0 Å². The highest BCUT2D eigenvalue weighted by atomic mass is 32.1. The van der Waals surface area contributed by atoms with Crippen molar-refractivity contribution in [1.29, 1.82) is 0 Å². The summed E-state index contributed by atoms with van der Waals surface area (Å²) >= 11 is 1.42. The zero-order valence-corrected chi connectivity index (χ0v) is 10.9. The number of thiophene rings is 1. The molecule has 0 aliphatic rings. The second kappa shape index (κ2) is 5.11. The molecule has 0 aliphatic heterocycles. The number of amides is 1. The number of anilines is 1. The molecule has 18 heavy (non-hydrogen) atoms. The summed E-state index contributed by atoms with van der Waals surface area (Å²) in [7, 11) is 0. The molecule has 92 valence electrons. The summed E-state index contributed by atoms with van der Waals surface area (Å²) in [4.78, 5) is 12.5. The number of nitrogens with two attached hydrogens (primary N) is 1. The Bertz CT molecular complexity index is 637. The molecular weight excluding hydrogens is 244 g/mol. The van der Waals surface area contributed by atoms with Crippen LogP contribution in [0.2, 0.25) is 0 Å². The summed E-state index contributed by atoms with van der Waals surface area (Å²) in [5, 5.41) is 3.70. The Morgan fingerprint density at radius 3 is 3.06 bits per heavy atom. The van der Waals surface area contributed by atoms with E-state index in [4.69, 9.17) is 12.2 Å². The number of nitrogen functional groups attached to an aromatic ring is 1. The lowest BCUT2D eigenvalue weighted by molar-refractivity contribution is 0.0959. The van der Waals surface area contributed by atoms with Crippen molar-refractivity contribution in [3.05, 3.63) is 28.6 Å². The van der Waals surface area contributed by atoms with Crippen LogP contribution in [0, 0.1) is 19.3 Å². The Kier molecular flexibility index (Phi) is 3.54. The first-order chi connectivity index (χ1) is 8.63. The van der Waals surface area contributed by atoms with Gasteiger partial charge in [0, 0.05) is 23.1 Å². The zero-order chi connectivity index (χ0) is 13.1. The Morgan fingerprint density at radius 1 is 1.56 bits per heavy atom. The third-order valence-corrected chi connectivity index (χ3v) is 3.81. The molecule has 0 atom stereocenters. The third-order valence-electron chi connectivity index (χ3n) is 2.65. The summed E-state index contributed by atoms with van der Waals surface area (Å²) in [6, 6.07) is 5.98. The molecule has 1 heterocycles. The third kappa shape index (κ3) is 2.31. The Balaban J connectivity index is 2.31. The van der Waals surface area contributed by atoms with Gasteiger partial charge in [0.25, 0.3) is 5.91 Å². The smallest absolute Gasteiger partial charge is 0.263 e. The van der Waals surface area contributed by atoms with E-state index < -0.39 is 0 Å². The van der Waals surface area contributed by atoms with E-state index in [1.807, 2.05) is 25.1 Å². The Hall–Kier alpha value is -1.99. The number of terminal acetylenes is 1. The molecule has 0 unspecified atom stereocenters. The fourth-order valence-electron chi connectivity index (χ4n) is 1.72. The van der Waals surface area contributed by atoms with Crippen LogP contribution in [0.1, 0.15) is 21.7 Å². The molecule has 3 N–H and O–H groups in total. The summed E-state index contributed by atoms with van der Waals surface area (Å²) < 4.78 is 1.04. The molecule has 2 aromatic rings. The van der Waals surface area contributed by atoms with E-state index in [2.05, 4.69) is 11.2 Å². The number of fused-ring (bicyclic) bond motifs is 1. The average molecular weight is 258 g/mol. The van der Waals surface area contributed by atoms with Gasteiger partial charge in [-0.15, -0.1) is 23.7 Å². The lowest BCUT2D eigenvalue weighted by Gasteiger charge is -2.01. The normalized spacial score (nSPS) is 10.2. The van der Waals surface area contributed by atoms with Crippen molar-refractivity contribution < 1.29 is 4.79 Å². The van der Waals surface area contributed by atoms with E-state index >= 15 is 0 Å². The Labute approximate surface area is 110 Å². The van der Waals surface area contributed by atoms with Crippen molar-refractivity contribution in [1.82, 2.24) is 5.32 Å². The molecule has 0 radical (unpaired) electrons. The highest BCUT2D eigenvalue weighted by molar-refractivity contribution is 7.21. The second-order valence-electron chi connectivity index (χ2n) is 4.05. The van der Waals surface area contributed by atoms with Crippen molar-refractivity contribution in [2.24, 2.45) is 0 Å². The average Bonchev–Trinajstić information content (AvgIpc) is 2.66. The van der Waals surface area contributed by atoms with Crippen LogP contribution in [-0.2, 0) is 0 Å². The molecule has 3 nitrogen and oxygen atoms in total. The number of carbonyl (C=O) groups excluding carboxylic acids is 1. The number of nitrogens with one attached hydrogen (secondary N) is 1. The molecule has 1 aromatic heterocycles. The maximum absolute atomic E-state index is 11.9. The van der Waals surface area contributed by atoms with Gasteiger partial charge in [0.1, 0.15) is 4.88 Å². The molecule has 0 saturated carbocycles. The van der Waals surface area contributed by atoms with Gasteiger partial charge in [-0.2, -0.15) is 0 Å². The van der Waals surface area contributed by atoms with E-state index in [0.29, 0.717) is 23.5 Å². The van der Waals surface area contributed by atoms with E-state index in [9.17, 15) is 4.79 Å². The number of aryl methyl sites for hydroxylation is 1. The van der Waals surface area contributed by atoms with Crippen LogP contribution in [0.25, 0.3) is 10.1 Å². The fraction of sp³-hybridized carbons (Fsp3) is 0.214. The maximum atomic E-state index is 11.9. The van der Waals surface area contributed by atoms with Gasteiger partial charge in [0.05, 0.1) is 5.69 Å². The van der Waals surface area contributed by atoms with Crippen LogP contribution in [-0.4, -0.2) is 12.5 Å². The van der Waals surface area contributed by atoms with Crippen molar-refractivity contribution in [2.45, 2.75) is 13.3 Å². The first-order valence-electron chi connectivity index (χ1n) is 5.63. The number of carbonyl (C=O) groups is 1. The molecule has 0 bridgehead atoms. The second-order valence-corrected chi connectivity index (χ2v) is 5.11. The minimum absolute atomic E-state index is 0.151. The van der Waals surface area contributed by atoms with Crippen molar-refractivity contribution in [2.75, 3.05) is 12.3 Å². The number of benzene rings is 1. The van der Waals surface area contributed by atoms with E-state index in [1.165, 1.54) is 11.3 Å². The van der Waals surface area contributed by atoms with Crippen LogP contribution >= 0.6 is 11.3 Å². The lowest BCUT2D eigenvalue weighted by atomic mass is 10.1. The van der Waals surface area contributed by atoms with Gasteiger partial charge >= 0.3 is 0 Å². The van der Waals surface area contributed by atoms with Crippen LogP contribution in [0.4, 0.5) is 5.69 Å². The van der Waals surface area contributed by atoms with Crippen LogP contribution in [0.5, 0.6) is 0 Å². The van der Waals surface area contributed by atoms with E-state index in [1.54, 1.807) is 0 Å². The zero-order valence-electron chi connectivity index (χ0n) is 10.1. The number of hydrogen-bond acceptors (Lipinski definition) is 3. The lowest BCUT2D eigenvalue weighted by Crippen LogP contribution is -2.23. The minimum atomic E-state index is -0.151. The van der Waals surface area contributed by atoms with Crippen molar-refractivity contribution in [3.8, 4) is 12.3 Å². The van der Waals surface area contributed by atoms with Gasteiger partial charge in [-0.1, -0.05) is 12.1 Å². The molecule has 1 aromatic carbocycles. The molecule has 0 aliphatic carbocycles. The molecular formula is C14H14N2OS. The quantitative estimate of drug-likeness (QED) is 0.656. The van der Waals surface area contributed by atoms with Gasteiger partial charge in [-0.25, -0.2) is 0 Å². The summed E-state index contributed by atoms with van der Waals surface area (Å²) in [5.74, 6) is 2.33. The van der Waals surface area contributed by atoms with Gasteiger partial charge in [-0.05, 0) is 18.6 Å². The summed E-state index contributed by atoms with van der Waals surface area (Å²) in [5.41, 5.74) is 7.71. The monoisotopic (exact) mass is 258 g/mol. The highest BCUT2D eigenvalue weighted by Gasteiger charge is 2.15. The predicted octanol–water partition coefficient (Wildman–Crippen LogP) is 2.55. The van der Waals surface area contributed by atoms with Gasteiger partial charge in [0.2, 0.25) is 0 Å². The standard InChI is InChI=1S/C14H14N2OS/c1-3-4-7-16-14(17)13-12(15)10-6-5-9(2)8-11(10)18-13/h1,5-6,8H,4,7,15H2,2H3,(H,16,17). The number of rotatable bonds is 3. The van der Waals surface area contributed by atoms with Gasteiger partial charge < -0.3 is 11.1 Å². The largest absolute Gasteiger partial charge is 0.397 e. The fourth-order valence-corrected chi connectivity index (χ4v) is 2.86. The topological polar surface area (TPSA) is 55.1 Å². The minimum Gasteiger partial charge on any atom is -0.397 e. The highest BCUT2D eigenvalue weighted by Crippen LogP contribution is 2.33. The first kappa shape index (κ1) is 12.5. The van der Waals surface area contributed by atoms with E-state index in [0.717, 1.165) is 15.6 Å². The summed E-state index contributed by atoms with van der Waals surface area (Å²) in [6.45, 7) is 2.49. The SMILES string of the molecule is C#CCCNC(=O)c1sc2cc(C)ccc2c1N. The van der Waals surface area contributed by atoms with E-state index in [-0.39, 0.29) is 5.91 Å². The Morgan fingerprint density at radius 2 is 2.33 bits per heavy atom. The van der Waals surface area contributed by atoms with Gasteiger partial charge in [0.15, 0.2) is 0 Å². The van der Waals surface area contributed by atoms with Gasteiger partial charge in [-0.3, -0.25) is 4.79 Å².